The van der Waals surface area contributed by atoms with Gasteiger partial charge in [-0.3, -0.25) is 0 Å². The zero-order valence-electron chi connectivity index (χ0n) is 14.7. The highest BCUT2D eigenvalue weighted by atomic mass is 16.3. The minimum Gasteiger partial charge on any atom is -0.493 e. The molecule has 0 aromatic carbocycles. The molecule has 1 fully saturated rings. The second-order valence-corrected chi connectivity index (χ2v) is 6.75. The number of nitrogens with one attached hydrogen (secondary N) is 1. The van der Waals surface area contributed by atoms with Gasteiger partial charge in [0.15, 0.2) is 5.49 Å². The van der Waals surface area contributed by atoms with Crippen LogP contribution in [0, 0.1) is 6.92 Å². The maximum Gasteiger partial charge on any atom is 0.214 e. The molecule has 1 atom stereocenters. The summed E-state index contributed by atoms with van der Waals surface area (Å²) in [6, 6.07) is 6.22. The van der Waals surface area contributed by atoms with Gasteiger partial charge in [0.25, 0.3) is 0 Å². The Morgan fingerprint density at radius 3 is 2.84 bits per heavy atom. The van der Waals surface area contributed by atoms with Gasteiger partial charge >= 0.3 is 0 Å². The van der Waals surface area contributed by atoms with Crippen molar-refractivity contribution in [2.75, 3.05) is 18.0 Å². The van der Waals surface area contributed by atoms with Gasteiger partial charge in [-0.15, -0.1) is 0 Å². The van der Waals surface area contributed by atoms with Gasteiger partial charge in [0.2, 0.25) is 5.88 Å². The Morgan fingerprint density at radius 2 is 2.04 bits per heavy atom. The molecule has 7 nitrogen and oxygen atoms in total. The van der Waals surface area contributed by atoms with Crippen molar-refractivity contribution in [2.24, 2.45) is 12.0 Å². The molecule has 0 amide bonds. The molecule has 0 radical (unpaired) electrons. The van der Waals surface area contributed by atoms with E-state index in [1.54, 1.807) is 0 Å². The fourth-order valence-electron chi connectivity index (χ4n) is 3.50. The van der Waals surface area contributed by atoms with Gasteiger partial charge in [-0.25, -0.2) is 15.0 Å². The quantitative estimate of drug-likeness (QED) is 0.849. The molecule has 0 saturated carbocycles. The summed E-state index contributed by atoms with van der Waals surface area (Å²) in [4.78, 5) is 16.2. The van der Waals surface area contributed by atoms with Crippen molar-refractivity contribution in [3.63, 3.8) is 0 Å². The molecule has 2 aliphatic heterocycles. The van der Waals surface area contributed by atoms with Crippen LogP contribution in [0.4, 0.5) is 5.82 Å². The monoisotopic (exact) mass is 340 g/mol. The van der Waals surface area contributed by atoms with Gasteiger partial charge in [0, 0.05) is 25.8 Å². The molecule has 4 heterocycles. The van der Waals surface area contributed by atoms with Gasteiger partial charge in [0.05, 0.1) is 0 Å². The van der Waals surface area contributed by atoms with Crippen LogP contribution in [0.15, 0.2) is 23.2 Å². The summed E-state index contributed by atoms with van der Waals surface area (Å²) < 4.78 is 1.85. The summed E-state index contributed by atoms with van der Waals surface area (Å²) in [7, 11) is 1.88. The van der Waals surface area contributed by atoms with Crippen molar-refractivity contribution < 1.29 is 5.11 Å². The molecule has 0 spiro atoms. The van der Waals surface area contributed by atoms with Crippen LogP contribution in [-0.4, -0.2) is 38.9 Å². The minimum atomic E-state index is -0.181. The zero-order chi connectivity index (χ0) is 17.4. The van der Waals surface area contributed by atoms with Crippen molar-refractivity contribution in [3.8, 4) is 0 Å². The standard InChI is InChI=1S/C18H24N6O/c1-12-19-17-16(23(12)2)18(25)22-14(21-17)9-8-13-6-5-7-15(20-13)24-10-3-4-11-24/h5-7,14,22,25H,3-4,8-11H2,1-2H3. The molecule has 4 rings (SSSR count). The smallest absolute Gasteiger partial charge is 0.214 e. The Labute approximate surface area is 146 Å². The SMILES string of the molecule is Cc1nc2c(n1C)=C(O)NC(CCc1cccc(N3CCCC3)n1)N=2. The first-order valence-corrected chi connectivity index (χ1v) is 8.89. The maximum atomic E-state index is 10.3. The van der Waals surface area contributed by atoms with Crippen molar-refractivity contribution >= 4 is 11.7 Å². The summed E-state index contributed by atoms with van der Waals surface area (Å²) >= 11 is 0. The van der Waals surface area contributed by atoms with Gasteiger partial charge in [-0.2, -0.15) is 0 Å². The molecule has 2 aromatic rings. The third-order valence-corrected chi connectivity index (χ3v) is 5.00. The Balaban J connectivity index is 1.48. The molecule has 0 aliphatic carbocycles. The van der Waals surface area contributed by atoms with Gasteiger partial charge in [0.1, 0.15) is 23.2 Å². The average Bonchev–Trinajstić information content (AvgIpc) is 3.23. The second-order valence-electron chi connectivity index (χ2n) is 6.75. The van der Waals surface area contributed by atoms with E-state index >= 15 is 0 Å². The average molecular weight is 340 g/mol. The Kier molecular flexibility index (Phi) is 4.07. The predicted molar refractivity (Wildman–Crippen MR) is 95.7 cm³/mol. The highest BCUT2D eigenvalue weighted by Gasteiger charge is 2.18. The van der Waals surface area contributed by atoms with E-state index in [0.29, 0.717) is 10.8 Å². The summed E-state index contributed by atoms with van der Waals surface area (Å²) in [5, 5.41) is 14.0. The van der Waals surface area contributed by atoms with E-state index < -0.39 is 0 Å². The number of rotatable bonds is 4. The second kappa shape index (κ2) is 6.38. The molecule has 2 aromatic heterocycles. The number of aryl methyl sites for hydroxylation is 2. The van der Waals surface area contributed by atoms with Crippen LogP contribution >= 0.6 is 0 Å². The molecule has 2 N–H and O–H groups in total. The first-order chi connectivity index (χ1) is 12.1. The highest BCUT2D eigenvalue weighted by molar-refractivity contribution is 5.40. The number of anilines is 1. The molecule has 2 aliphatic rings. The third kappa shape index (κ3) is 3.06. The number of aliphatic hydroxyl groups excluding tert-OH is 1. The number of aromatic nitrogens is 3. The van der Waals surface area contributed by atoms with Gasteiger partial charge in [-0.1, -0.05) is 6.07 Å². The maximum absolute atomic E-state index is 10.3. The summed E-state index contributed by atoms with van der Waals surface area (Å²) in [6.07, 6.45) is 3.88. The van der Waals surface area contributed by atoms with Crippen molar-refractivity contribution in [1.29, 1.82) is 0 Å². The molecule has 0 bridgehead atoms. The third-order valence-electron chi connectivity index (χ3n) is 5.00. The van der Waals surface area contributed by atoms with Crippen LogP contribution in [0.25, 0.3) is 5.88 Å². The van der Waals surface area contributed by atoms with E-state index in [0.717, 1.165) is 43.3 Å². The van der Waals surface area contributed by atoms with E-state index in [4.69, 9.17) is 4.98 Å². The van der Waals surface area contributed by atoms with E-state index in [1.165, 1.54) is 12.8 Å². The van der Waals surface area contributed by atoms with Crippen LogP contribution in [0.3, 0.4) is 0 Å². The number of fused-ring (bicyclic) bond motifs is 1. The van der Waals surface area contributed by atoms with E-state index in [2.05, 4.69) is 38.4 Å². The lowest BCUT2D eigenvalue weighted by molar-refractivity contribution is 0.403. The van der Waals surface area contributed by atoms with Crippen LogP contribution in [-0.2, 0) is 13.5 Å². The molecule has 7 heteroatoms. The van der Waals surface area contributed by atoms with Crippen LogP contribution in [0.5, 0.6) is 0 Å². The minimum absolute atomic E-state index is 0.150. The van der Waals surface area contributed by atoms with Crippen LogP contribution in [0.1, 0.15) is 30.8 Å². The lowest BCUT2D eigenvalue weighted by atomic mass is 10.2. The first-order valence-electron chi connectivity index (χ1n) is 8.89. The summed E-state index contributed by atoms with van der Waals surface area (Å²) in [6.45, 7) is 4.10. The number of aliphatic hydroxyl groups is 1. The molecule has 132 valence electrons. The molecular formula is C18H24N6O. The lowest BCUT2D eigenvalue weighted by Crippen LogP contribution is -2.45. The summed E-state index contributed by atoms with van der Waals surface area (Å²) in [5.74, 6) is 2.06. The Bertz CT molecular complexity index is 897. The predicted octanol–water partition coefficient (Wildman–Crippen LogP) is 0.529. The first kappa shape index (κ1) is 15.9. The Morgan fingerprint density at radius 1 is 1.24 bits per heavy atom. The van der Waals surface area contributed by atoms with Crippen molar-refractivity contribution in [1.82, 2.24) is 19.9 Å². The van der Waals surface area contributed by atoms with E-state index in [-0.39, 0.29) is 12.0 Å². The Hall–Kier alpha value is -2.57. The normalized spacial score (nSPS) is 19.5. The zero-order valence-corrected chi connectivity index (χ0v) is 14.7. The summed E-state index contributed by atoms with van der Waals surface area (Å²) in [5.41, 5.74) is 1.67. The number of pyridine rings is 1. The number of hydrogen-bond donors (Lipinski definition) is 2. The van der Waals surface area contributed by atoms with Crippen molar-refractivity contribution in [3.05, 3.63) is 40.6 Å². The van der Waals surface area contributed by atoms with Crippen LogP contribution < -0.4 is 21.1 Å². The molecule has 1 unspecified atom stereocenters. The molecule has 1 saturated heterocycles. The molecular weight excluding hydrogens is 316 g/mol. The van der Waals surface area contributed by atoms with Crippen molar-refractivity contribution in [2.45, 2.75) is 38.8 Å². The fourth-order valence-corrected chi connectivity index (χ4v) is 3.50. The number of imidazole rings is 1. The number of hydrogen-bond acceptors (Lipinski definition) is 6. The number of nitrogens with zero attached hydrogens (tertiary/aromatic N) is 5. The molecule has 25 heavy (non-hydrogen) atoms. The largest absolute Gasteiger partial charge is 0.493 e. The van der Waals surface area contributed by atoms with Gasteiger partial charge in [-0.05, 0) is 44.7 Å². The van der Waals surface area contributed by atoms with E-state index in [9.17, 15) is 5.11 Å². The van der Waals surface area contributed by atoms with Crippen LogP contribution in [0.2, 0.25) is 0 Å². The lowest BCUT2D eigenvalue weighted by Gasteiger charge is -2.19. The van der Waals surface area contributed by atoms with Gasteiger partial charge < -0.3 is 19.9 Å². The van der Waals surface area contributed by atoms with E-state index in [1.807, 2.05) is 18.5 Å². The highest BCUT2D eigenvalue weighted by Crippen LogP contribution is 2.18. The fraction of sp³-hybridized carbons (Fsp3) is 0.500. The topological polar surface area (TPSA) is 78.6 Å².